The molecule has 136 valence electrons. The number of anilines is 2. The van der Waals surface area contributed by atoms with E-state index in [2.05, 4.69) is 20.4 Å². The fourth-order valence-electron chi connectivity index (χ4n) is 2.33. The highest BCUT2D eigenvalue weighted by Crippen LogP contribution is 2.25. The van der Waals surface area contributed by atoms with Crippen LogP contribution in [0.1, 0.15) is 11.1 Å². The van der Waals surface area contributed by atoms with Gasteiger partial charge >= 0.3 is 0 Å². The van der Waals surface area contributed by atoms with E-state index in [0.717, 1.165) is 16.9 Å². The van der Waals surface area contributed by atoms with Gasteiger partial charge in [0.1, 0.15) is 18.0 Å². The molecule has 1 aromatic carbocycles. The highest BCUT2D eigenvalue weighted by Gasteiger charge is 2.11. The topological polar surface area (TPSA) is 83.3 Å². The van der Waals surface area contributed by atoms with Crippen LogP contribution in [0.15, 0.2) is 36.7 Å². The van der Waals surface area contributed by atoms with Crippen molar-refractivity contribution in [2.75, 3.05) is 19.5 Å². The summed E-state index contributed by atoms with van der Waals surface area (Å²) in [5.74, 6) is 2.20. The van der Waals surface area contributed by atoms with E-state index in [0.29, 0.717) is 30.0 Å². The van der Waals surface area contributed by atoms with Crippen molar-refractivity contribution < 1.29 is 14.2 Å². The maximum atomic E-state index is 5.85. The number of hydrogen-bond donors (Lipinski definition) is 1. The van der Waals surface area contributed by atoms with Gasteiger partial charge in [-0.05, 0) is 24.6 Å². The molecular weight excluding hydrogens is 334 g/mol. The summed E-state index contributed by atoms with van der Waals surface area (Å²) in [6.07, 6.45) is 3.50. The predicted octanol–water partition coefficient (Wildman–Crippen LogP) is 2.86. The Morgan fingerprint density at radius 2 is 1.85 bits per heavy atom. The van der Waals surface area contributed by atoms with Crippen LogP contribution >= 0.6 is 0 Å². The molecule has 1 N–H and O–H groups in total. The van der Waals surface area contributed by atoms with Crippen LogP contribution < -0.4 is 19.5 Å². The Hall–Kier alpha value is -3.29. The molecule has 0 aliphatic rings. The quantitative estimate of drug-likeness (QED) is 0.698. The zero-order chi connectivity index (χ0) is 18.5. The second-order valence-electron chi connectivity index (χ2n) is 5.67. The molecule has 0 radical (unpaired) electrons. The summed E-state index contributed by atoms with van der Waals surface area (Å²) in [5.41, 5.74) is 2.55. The fourth-order valence-corrected chi connectivity index (χ4v) is 2.33. The Morgan fingerprint density at radius 1 is 1.08 bits per heavy atom. The van der Waals surface area contributed by atoms with Crippen molar-refractivity contribution in [3.05, 3.63) is 47.8 Å². The lowest BCUT2D eigenvalue weighted by molar-refractivity contribution is 0.291. The van der Waals surface area contributed by atoms with Crippen LogP contribution in [-0.4, -0.2) is 34.0 Å². The summed E-state index contributed by atoms with van der Waals surface area (Å²) in [7, 11) is 5.02. The molecule has 0 aliphatic heterocycles. The third-order valence-electron chi connectivity index (χ3n) is 3.69. The molecule has 8 nitrogen and oxygen atoms in total. The number of aromatic nitrogens is 4. The minimum atomic E-state index is 0.400. The van der Waals surface area contributed by atoms with Crippen molar-refractivity contribution in [3.63, 3.8) is 0 Å². The van der Waals surface area contributed by atoms with Gasteiger partial charge in [-0.1, -0.05) is 12.1 Å². The largest absolute Gasteiger partial charge is 0.497 e. The molecule has 0 amide bonds. The number of rotatable bonds is 7. The molecule has 0 saturated heterocycles. The van der Waals surface area contributed by atoms with Gasteiger partial charge in [-0.25, -0.2) is 4.98 Å². The molecule has 0 spiro atoms. The summed E-state index contributed by atoms with van der Waals surface area (Å²) in [6.45, 7) is 2.30. The molecule has 26 heavy (non-hydrogen) atoms. The lowest BCUT2D eigenvalue weighted by atomic mass is 10.2. The zero-order valence-electron chi connectivity index (χ0n) is 15.2. The standard InChI is InChI=1S/C18H21N5O3/c1-12-9-19-18(20-15-10-23(2)22-17(15)25-4)21-16(12)26-11-13-5-7-14(24-3)8-6-13/h5-10H,11H2,1-4H3,(H,19,20,21). The SMILES string of the molecule is COc1ccc(COc2nc(Nc3cn(C)nc3OC)ncc2C)cc1. The molecule has 0 saturated carbocycles. The first-order valence-electron chi connectivity index (χ1n) is 8.03. The number of methoxy groups -OCH3 is 2. The van der Waals surface area contributed by atoms with E-state index in [-0.39, 0.29) is 0 Å². The smallest absolute Gasteiger partial charge is 0.256 e. The molecule has 3 aromatic rings. The molecule has 0 atom stereocenters. The van der Waals surface area contributed by atoms with E-state index < -0.39 is 0 Å². The van der Waals surface area contributed by atoms with Crippen LogP contribution in [0, 0.1) is 6.92 Å². The average molecular weight is 355 g/mol. The Balaban J connectivity index is 1.72. The van der Waals surface area contributed by atoms with Crippen LogP contribution in [0.25, 0.3) is 0 Å². The molecule has 2 aromatic heterocycles. The lowest BCUT2D eigenvalue weighted by Gasteiger charge is -2.10. The van der Waals surface area contributed by atoms with E-state index in [4.69, 9.17) is 14.2 Å². The van der Waals surface area contributed by atoms with Gasteiger partial charge in [0.05, 0.1) is 20.4 Å². The summed E-state index contributed by atoms with van der Waals surface area (Å²) in [5, 5.41) is 7.29. The average Bonchev–Trinajstić information content (AvgIpc) is 3.01. The van der Waals surface area contributed by atoms with Crippen LogP contribution in [0.2, 0.25) is 0 Å². The van der Waals surface area contributed by atoms with Crippen molar-refractivity contribution in [2.45, 2.75) is 13.5 Å². The van der Waals surface area contributed by atoms with Crippen LogP contribution in [0.3, 0.4) is 0 Å². The van der Waals surface area contributed by atoms with Crippen molar-refractivity contribution in [1.82, 2.24) is 19.7 Å². The third kappa shape index (κ3) is 4.02. The zero-order valence-corrected chi connectivity index (χ0v) is 15.2. The van der Waals surface area contributed by atoms with Gasteiger partial charge in [0.2, 0.25) is 11.8 Å². The van der Waals surface area contributed by atoms with Crippen molar-refractivity contribution >= 4 is 11.6 Å². The molecule has 8 heteroatoms. The maximum Gasteiger partial charge on any atom is 0.256 e. The fraction of sp³-hybridized carbons (Fsp3) is 0.278. The van der Waals surface area contributed by atoms with Crippen molar-refractivity contribution in [3.8, 4) is 17.5 Å². The van der Waals surface area contributed by atoms with E-state index in [1.807, 2.05) is 38.2 Å². The number of benzene rings is 1. The van der Waals surface area contributed by atoms with E-state index in [1.54, 1.807) is 31.3 Å². The minimum absolute atomic E-state index is 0.400. The summed E-state index contributed by atoms with van der Waals surface area (Å²) < 4.78 is 17.9. The first-order valence-corrected chi connectivity index (χ1v) is 8.03. The highest BCUT2D eigenvalue weighted by molar-refractivity contribution is 5.59. The number of aryl methyl sites for hydroxylation is 2. The molecule has 0 bridgehead atoms. The van der Waals surface area contributed by atoms with Crippen molar-refractivity contribution in [1.29, 1.82) is 0 Å². The van der Waals surface area contributed by atoms with Gasteiger partial charge in [-0.15, -0.1) is 5.10 Å². The van der Waals surface area contributed by atoms with Gasteiger partial charge in [-0.2, -0.15) is 4.98 Å². The van der Waals surface area contributed by atoms with Crippen LogP contribution in [0.4, 0.5) is 11.6 Å². The highest BCUT2D eigenvalue weighted by atomic mass is 16.5. The molecule has 0 aliphatic carbocycles. The van der Waals surface area contributed by atoms with Gasteiger partial charge in [0.25, 0.3) is 5.88 Å². The molecule has 2 heterocycles. The third-order valence-corrected chi connectivity index (χ3v) is 3.69. The Bertz CT molecular complexity index is 877. The van der Waals surface area contributed by atoms with Gasteiger partial charge in [0, 0.05) is 18.8 Å². The number of hydrogen-bond acceptors (Lipinski definition) is 7. The van der Waals surface area contributed by atoms with E-state index in [9.17, 15) is 0 Å². The van der Waals surface area contributed by atoms with Gasteiger partial charge in [-0.3, -0.25) is 4.68 Å². The monoisotopic (exact) mass is 355 g/mol. The number of nitrogens with one attached hydrogen (secondary N) is 1. The first-order chi connectivity index (χ1) is 12.6. The number of ether oxygens (including phenoxy) is 3. The van der Waals surface area contributed by atoms with E-state index >= 15 is 0 Å². The second kappa shape index (κ2) is 7.73. The van der Waals surface area contributed by atoms with E-state index in [1.165, 1.54) is 0 Å². The Kier molecular flexibility index (Phi) is 5.21. The first kappa shape index (κ1) is 17.5. The van der Waals surface area contributed by atoms with Crippen molar-refractivity contribution in [2.24, 2.45) is 7.05 Å². The molecule has 0 unspecified atom stereocenters. The maximum absolute atomic E-state index is 5.85. The Morgan fingerprint density at radius 3 is 2.54 bits per heavy atom. The second-order valence-corrected chi connectivity index (χ2v) is 5.67. The molecular formula is C18H21N5O3. The minimum Gasteiger partial charge on any atom is -0.497 e. The molecule has 3 rings (SSSR count). The van der Waals surface area contributed by atoms with Crippen LogP contribution in [-0.2, 0) is 13.7 Å². The molecule has 0 fully saturated rings. The van der Waals surface area contributed by atoms with Gasteiger partial charge in [0.15, 0.2) is 0 Å². The van der Waals surface area contributed by atoms with Crippen LogP contribution in [0.5, 0.6) is 17.5 Å². The predicted molar refractivity (Wildman–Crippen MR) is 97.1 cm³/mol. The Labute approximate surface area is 151 Å². The summed E-state index contributed by atoms with van der Waals surface area (Å²) in [6, 6.07) is 7.70. The lowest BCUT2D eigenvalue weighted by Crippen LogP contribution is -2.03. The summed E-state index contributed by atoms with van der Waals surface area (Å²) in [4.78, 5) is 8.72. The van der Waals surface area contributed by atoms with Gasteiger partial charge < -0.3 is 19.5 Å². The number of nitrogens with zero attached hydrogens (tertiary/aromatic N) is 4. The normalized spacial score (nSPS) is 10.5. The summed E-state index contributed by atoms with van der Waals surface area (Å²) >= 11 is 0.